The average Bonchev–Trinajstić information content (AvgIpc) is 2.51. The van der Waals surface area contributed by atoms with E-state index in [9.17, 15) is 4.79 Å². The van der Waals surface area contributed by atoms with E-state index in [1.54, 1.807) is 0 Å². The summed E-state index contributed by atoms with van der Waals surface area (Å²) in [6, 6.07) is 0. The number of carboxylic acid groups (broad SMARTS) is 1. The molecule has 0 aromatic heterocycles. The van der Waals surface area contributed by atoms with Crippen molar-refractivity contribution in [2.75, 3.05) is 13.1 Å². The van der Waals surface area contributed by atoms with Gasteiger partial charge in [-0.15, -0.1) is 0 Å². The summed E-state index contributed by atoms with van der Waals surface area (Å²) in [4.78, 5) is 12.6. The second-order valence-electron chi connectivity index (χ2n) is 3.02. The zero-order valence-corrected chi connectivity index (χ0v) is 7.42. The Morgan fingerprint density at radius 2 is 2.08 bits per heavy atom. The minimum Gasteiger partial charge on any atom is -0.478 e. The molecule has 1 saturated heterocycles. The van der Waals surface area contributed by atoms with Crippen LogP contribution in [0.15, 0.2) is 11.8 Å². The van der Waals surface area contributed by atoms with Gasteiger partial charge in [0.05, 0.1) is 0 Å². The second-order valence-corrected chi connectivity index (χ2v) is 3.02. The number of hydrogen-bond acceptors (Lipinski definition) is 2. The van der Waals surface area contributed by atoms with Gasteiger partial charge < -0.3 is 10.0 Å². The molecule has 1 aliphatic rings. The van der Waals surface area contributed by atoms with Crippen molar-refractivity contribution in [1.29, 1.82) is 0 Å². The highest BCUT2D eigenvalue weighted by atomic mass is 16.4. The monoisotopic (exact) mass is 169 g/mol. The van der Waals surface area contributed by atoms with Crippen LogP contribution in [-0.2, 0) is 4.79 Å². The highest BCUT2D eigenvalue weighted by Gasteiger charge is 2.13. The lowest BCUT2D eigenvalue weighted by atomic mass is 10.3. The summed E-state index contributed by atoms with van der Waals surface area (Å²) in [5, 5.41) is 8.57. The quantitative estimate of drug-likeness (QED) is 0.650. The lowest BCUT2D eigenvalue weighted by molar-refractivity contribution is -0.131. The Bertz CT molecular complexity index is 193. The van der Waals surface area contributed by atoms with Crippen molar-refractivity contribution in [1.82, 2.24) is 4.90 Å². The summed E-state index contributed by atoms with van der Waals surface area (Å²) in [6.45, 7) is 4.03. The first-order chi connectivity index (χ1) is 5.74. The minimum atomic E-state index is -0.834. The fraction of sp³-hybridized carbons (Fsp3) is 0.667. The van der Waals surface area contributed by atoms with E-state index in [0.717, 1.165) is 25.2 Å². The van der Waals surface area contributed by atoms with E-state index in [0.29, 0.717) is 0 Å². The predicted octanol–water partition coefficient (Wildman–Crippen LogP) is 1.46. The van der Waals surface area contributed by atoms with E-state index in [4.69, 9.17) is 5.11 Å². The molecule has 3 heteroatoms. The molecule has 12 heavy (non-hydrogen) atoms. The van der Waals surface area contributed by atoms with Gasteiger partial charge in [0.2, 0.25) is 0 Å². The van der Waals surface area contributed by atoms with Gasteiger partial charge in [0.25, 0.3) is 0 Å². The summed E-state index contributed by atoms with van der Waals surface area (Å²) < 4.78 is 0. The molecule has 0 aromatic carbocycles. The largest absolute Gasteiger partial charge is 0.478 e. The third-order valence-electron chi connectivity index (χ3n) is 2.16. The van der Waals surface area contributed by atoms with E-state index >= 15 is 0 Å². The highest BCUT2D eigenvalue weighted by Crippen LogP contribution is 2.16. The standard InChI is InChI=1S/C9H15NO2/c1-2-8(7-9(11)12)10-5-3-4-6-10/h7H,2-6H2,1H3,(H,11,12)/b8-7-. The van der Waals surface area contributed by atoms with Crippen molar-refractivity contribution in [2.45, 2.75) is 26.2 Å². The first-order valence-corrected chi connectivity index (χ1v) is 4.42. The fourth-order valence-corrected chi connectivity index (χ4v) is 1.56. The second kappa shape index (κ2) is 4.14. The van der Waals surface area contributed by atoms with E-state index < -0.39 is 5.97 Å². The summed E-state index contributed by atoms with van der Waals surface area (Å²) >= 11 is 0. The van der Waals surface area contributed by atoms with Gasteiger partial charge in [-0.2, -0.15) is 0 Å². The first kappa shape index (κ1) is 9.10. The molecule has 0 unspecified atom stereocenters. The maximum Gasteiger partial charge on any atom is 0.330 e. The predicted molar refractivity (Wildman–Crippen MR) is 46.8 cm³/mol. The van der Waals surface area contributed by atoms with Crippen LogP contribution in [0, 0.1) is 0 Å². The van der Waals surface area contributed by atoms with Crippen LogP contribution in [0.2, 0.25) is 0 Å². The molecule has 0 aliphatic carbocycles. The van der Waals surface area contributed by atoms with Crippen molar-refractivity contribution in [2.24, 2.45) is 0 Å². The topological polar surface area (TPSA) is 40.5 Å². The molecule has 0 spiro atoms. The molecule has 0 aromatic rings. The van der Waals surface area contributed by atoms with Gasteiger partial charge in [0.15, 0.2) is 0 Å². The first-order valence-electron chi connectivity index (χ1n) is 4.42. The third kappa shape index (κ3) is 2.26. The van der Waals surface area contributed by atoms with Crippen molar-refractivity contribution in [3.8, 4) is 0 Å². The van der Waals surface area contributed by atoms with Crippen LogP contribution < -0.4 is 0 Å². The molecule has 1 heterocycles. The number of aliphatic carboxylic acids is 1. The van der Waals surface area contributed by atoms with Gasteiger partial charge in [-0.1, -0.05) is 6.92 Å². The van der Waals surface area contributed by atoms with Crippen LogP contribution in [0.5, 0.6) is 0 Å². The summed E-state index contributed by atoms with van der Waals surface area (Å²) in [5.74, 6) is -0.834. The molecule has 0 radical (unpaired) electrons. The maximum atomic E-state index is 10.4. The Morgan fingerprint density at radius 3 is 2.50 bits per heavy atom. The van der Waals surface area contributed by atoms with Crippen LogP contribution in [0.25, 0.3) is 0 Å². The summed E-state index contributed by atoms with van der Waals surface area (Å²) in [7, 11) is 0. The number of rotatable bonds is 3. The molecule has 0 saturated carbocycles. The van der Waals surface area contributed by atoms with Crippen molar-refractivity contribution in [3.63, 3.8) is 0 Å². The average molecular weight is 169 g/mol. The Hall–Kier alpha value is -0.990. The number of hydrogen-bond donors (Lipinski definition) is 1. The Labute approximate surface area is 72.7 Å². The SMILES string of the molecule is CC/C(=C/C(=O)O)N1CCCC1. The smallest absolute Gasteiger partial charge is 0.330 e. The summed E-state index contributed by atoms with van der Waals surface area (Å²) in [5.41, 5.74) is 0.958. The molecule has 68 valence electrons. The molecule has 3 nitrogen and oxygen atoms in total. The number of likely N-dealkylation sites (tertiary alicyclic amines) is 1. The Balaban J connectivity index is 2.60. The van der Waals surface area contributed by atoms with E-state index in [1.807, 2.05) is 6.92 Å². The van der Waals surface area contributed by atoms with Gasteiger partial charge in [-0.3, -0.25) is 0 Å². The molecule has 1 rings (SSSR count). The molecule has 1 aliphatic heterocycles. The van der Waals surface area contributed by atoms with E-state index in [-0.39, 0.29) is 0 Å². The number of carboxylic acids is 1. The zero-order valence-electron chi connectivity index (χ0n) is 7.42. The normalized spacial score (nSPS) is 18.4. The Morgan fingerprint density at radius 1 is 1.50 bits per heavy atom. The lowest BCUT2D eigenvalue weighted by Crippen LogP contribution is -2.19. The van der Waals surface area contributed by atoms with Gasteiger partial charge in [0.1, 0.15) is 0 Å². The van der Waals surface area contributed by atoms with Crippen LogP contribution in [0.4, 0.5) is 0 Å². The van der Waals surface area contributed by atoms with Crippen LogP contribution in [0.1, 0.15) is 26.2 Å². The molecule has 0 atom stereocenters. The van der Waals surface area contributed by atoms with Crippen LogP contribution >= 0.6 is 0 Å². The molecule has 0 amide bonds. The lowest BCUT2D eigenvalue weighted by Gasteiger charge is -2.19. The Kier molecular flexibility index (Phi) is 3.14. The number of carbonyl (C=O) groups is 1. The maximum absolute atomic E-state index is 10.4. The van der Waals surface area contributed by atoms with Crippen molar-refractivity contribution in [3.05, 3.63) is 11.8 Å². The summed E-state index contributed by atoms with van der Waals surface area (Å²) in [6.07, 6.45) is 4.52. The van der Waals surface area contributed by atoms with E-state index in [2.05, 4.69) is 4.90 Å². The highest BCUT2D eigenvalue weighted by molar-refractivity contribution is 5.80. The third-order valence-corrected chi connectivity index (χ3v) is 2.16. The van der Waals surface area contributed by atoms with Gasteiger partial charge in [-0.05, 0) is 19.3 Å². The molecular weight excluding hydrogens is 154 g/mol. The van der Waals surface area contributed by atoms with Gasteiger partial charge in [-0.25, -0.2) is 4.79 Å². The van der Waals surface area contributed by atoms with Crippen molar-refractivity contribution >= 4 is 5.97 Å². The van der Waals surface area contributed by atoms with Crippen LogP contribution in [0.3, 0.4) is 0 Å². The fourth-order valence-electron chi connectivity index (χ4n) is 1.56. The van der Waals surface area contributed by atoms with Crippen LogP contribution in [-0.4, -0.2) is 29.1 Å². The molecule has 1 N–H and O–H groups in total. The van der Waals surface area contributed by atoms with Gasteiger partial charge in [0, 0.05) is 24.9 Å². The van der Waals surface area contributed by atoms with Gasteiger partial charge >= 0.3 is 5.97 Å². The molecule has 0 bridgehead atoms. The minimum absolute atomic E-state index is 0.812. The number of nitrogens with zero attached hydrogens (tertiary/aromatic N) is 1. The molecular formula is C9H15NO2. The van der Waals surface area contributed by atoms with E-state index in [1.165, 1.54) is 18.9 Å². The molecule has 1 fully saturated rings. The zero-order chi connectivity index (χ0) is 8.97. The van der Waals surface area contributed by atoms with Crippen molar-refractivity contribution < 1.29 is 9.90 Å². The number of allylic oxidation sites excluding steroid dienone is 1.